The lowest BCUT2D eigenvalue weighted by Crippen LogP contribution is -2.57. The van der Waals surface area contributed by atoms with Crippen molar-refractivity contribution in [2.24, 2.45) is 5.73 Å². The molecule has 2 amide bonds. The van der Waals surface area contributed by atoms with Gasteiger partial charge in [0.2, 0.25) is 11.8 Å². The van der Waals surface area contributed by atoms with Crippen molar-refractivity contribution in [3.8, 4) is 0 Å². The zero-order chi connectivity index (χ0) is 12.2. The van der Waals surface area contributed by atoms with Gasteiger partial charge in [0.1, 0.15) is 6.04 Å². The lowest BCUT2D eigenvalue weighted by atomic mass is 9.92. The molecule has 0 radical (unpaired) electrons. The van der Waals surface area contributed by atoms with Gasteiger partial charge in [-0.25, -0.2) is 0 Å². The third kappa shape index (κ3) is 3.85. The Morgan fingerprint density at radius 3 is 2.47 bits per heavy atom. The van der Waals surface area contributed by atoms with Crippen molar-refractivity contribution in [3.05, 3.63) is 0 Å². The molecule has 0 unspecified atom stereocenters. The van der Waals surface area contributed by atoms with Gasteiger partial charge < -0.3 is 16.4 Å². The first-order valence-electron chi connectivity index (χ1n) is 5.88. The van der Waals surface area contributed by atoms with Crippen molar-refractivity contribution in [3.63, 3.8) is 0 Å². The van der Waals surface area contributed by atoms with Gasteiger partial charge in [0.25, 0.3) is 0 Å². The standard InChI is InChI=1S/C11H21N3O2.ClH/c1-3-11(4-2,7-12)14-10(16)8-5-6-9(15)13-8;/h8H,3-7,12H2,1-2H3,(H,13,15)(H,14,16);1H/t8-;/m1./s1. The summed E-state index contributed by atoms with van der Waals surface area (Å²) in [6.07, 6.45) is 2.61. The number of halogens is 1. The maximum absolute atomic E-state index is 11.9. The molecule has 17 heavy (non-hydrogen) atoms. The molecule has 1 rings (SSSR count). The second-order valence-corrected chi connectivity index (χ2v) is 4.34. The fraction of sp³-hybridized carbons (Fsp3) is 0.818. The number of hydrogen-bond acceptors (Lipinski definition) is 3. The van der Waals surface area contributed by atoms with E-state index in [-0.39, 0.29) is 35.8 Å². The average molecular weight is 264 g/mol. The Balaban J connectivity index is 0.00000256. The summed E-state index contributed by atoms with van der Waals surface area (Å²) in [4.78, 5) is 22.9. The van der Waals surface area contributed by atoms with Crippen LogP contribution in [0.1, 0.15) is 39.5 Å². The molecule has 1 aliphatic heterocycles. The quantitative estimate of drug-likeness (QED) is 0.668. The Hall–Kier alpha value is -0.810. The van der Waals surface area contributed by atoms with Crippen LogP contribution in [0.25, 0.3) is 0 Å². The molecule has 1 saturated heterocycles. The zero-order valence-corrected chi connectivity index (χ0v) is 11.2. The minimum absolute atomic E-state index is 0. The number of hydrogen-bond donors (Lipinski definition) is 3. The van der Waals surface area contributed by atoms with Crippen LogP contribution in [0.4, 0.5) is 0 Å². The van der Waals surface area contributed by atoms with Gasteiger partial charge in [-0.05, 0) is 19.3 Å². The largest absolute Gasteiger partial charge is 0.348 e. The predicted molar refractivity (Wildman–Crippen MR) is 68.9 cm³/mol. The molecule has 4 N–H and O–H groups in total. The lowest BCUT2D eigenvalue weighted by Gasteiger charge is -2.32. The summed E-state index contributed by atoms with van der Waals surface area (Å²) in [5, 5.41) is 5.62. The van der Waals surface area contributed by atoms with E-state index in [1.165, 1.54) is 0 Å². The molecule has 1 heterocycles. The maximum Gasteiger partial charge on any atom is 0.243 e. The molecule has 100 valence electrons. The maximum atomic E-state index is 11.9. The third-order valence-electron chi connectivity index (χ3n) is 3.44. The van der Waals surface area contributed by atoms with Crippen LogP contribution in [0.15, 0.2) is 0 Å². The van der Waals surface area contributed by atoms with Gasteiger partial charge in [0, 0.05) is 13.0 Å². The van der Waals surface area contributed by atoms with Crippen molar-refractivity contribution >= 4 is 24.2 Å². The van der Waals surface area contributed by atoms with Crippen LogP contribution in [0.3, 0.4) is 0 Å². The minimum atomic E-state index is -0.378. The summed E-state index contributed by atoms with van der Waals surface area (Å²) >= 11 is 0. The van der Waals surface area contributed by atoms with Crippen LogP contribution in [-0.4, -0.2) is 29.9 Å². The summed E-state index contributed by atoms with van der Waals surface area (Å²) in [5.41, 5.74) is 5.37. The molecular weight excluding hydrogens is 242 g/mol. The zero-order valence-electron chi connectivity index (χ0n) is 10.4. The highest BCUT2D eigenvalue weighted by Gasteiger charge is 2.32. The number of nitrogens with two attached hydrogens (primary N) is 1. The van der Waals surface area contributed by atoms with Gasteiger partial charge in [-0.1, -0.05) is 13.8 Å². The molecule has 0 aromatic carbocycles. The predicted octanol–water partition coefficient (Wildman–Crippen LogP) is 0.321. The molecule has 6 heteroatoms. The first-order valence-corrected chi connectivity index (χ1v) is 5.88. The van der Waals surface area contributed by atoms with Gasteiger partial charge in [-0.2, -0.15) is 0 Å². The summed E-state index contributed by atoms with van der Waals surface area (Å²) in [6.45, 7) is 4.43. The first kappa shape index (κ1) is 16.2. The molecule has 0 aromatic rings. The van der Waals surface area contributed by atoms with E-state index in [1.54, 1.807) is 0 Å². The number of amides is 2. The highest BCUT2D eigenvalue weighted by Crippen LogP contribution is 2.15. The first-order chi connectivity index (χ1) is 7.56. The van der Waals surface area contributed by atoms with Gasteiger partial charge in [-0.3, -0.25) is 9.59 Å². The normalized spacial score (nSPS) is 19.5. The Bertz CT molecular complexity index is 272. The molecule has 0 spiro atoms. The second-order valence-electron chi connectivity index (χ2n) is 4.34. The van der Waals surface area contributed by atoms with Gasteiger partial charge in [-0.15, -0.1) is 12.4 Å². The van der Waals surface area contributed by atoms with Crippen LogP contribution in [0.5, 0.6) is 0 Å². The van der Waals surface area contributed by atoms with E-state index in [2.05, 4.69) is 10.6 Å². The number of nitrogens with one attached hydrogen (secondary N) is 2. The van der Waals surface area contributed by atoms with Crippen LogP contribution in [-0.2, 0) is 9.59 Å². The van der Waals surface area contributed by atoms with Crippen LogP contribution in [0.2, 0.25) is 0 Å². The van der Waals surface area contributed by atoms with Crippen LogP contribution in [0, 0.1) is 0 Å². The van der Waals surface area contributed by atoms with Gasteiger partial charge >= 0.3 is 0 Å². The van der Waals surface area contributed by atoms with E-state index in [0.29, 0.717) is 19.4 Å². The smallest absolute Gasteiger partial charge is 0.243 e. The van der Waals surface area contributed by atoms with Crippen LogP contribution >= 0.6 is 12.4 Å². The molecule has 1 aliphatic rings. The average Bonchev–Trinajstić information content (AvgIpc) is 2.73. The minimum Gasteiger partial charge on any atom is -0.348 e. The fourth-order valence-electron chi connectivity index (χ4n) is 1.93. The molecule has 0 aromatic heterocycles. The highest BCUT2D eigenvalue weighted by atomic mass is 35.5. The molecular formula is C11H22ClN3O2. The highest BCUT2D eigenvalue weighted by molar-refractivity contribution is 5.91. The van der Waals surface area contributed by atoms with E-state index < -0.39 is 0 Å². The van der Waals surface area contributed by atoms with Gasteiger partial charge in [0.15, 0.2) is 0 Å². The summed E-state index contributed by atoms with van der Waals surface area (Å²) in [5.74, 6) is -0.161. The number of carbonyl (C=O) groups is 2. The number of rotatable bonds is 5. The topological polar surface area (TPSA) is 84.2 Å². The molecule has 0 aliphatic carbocycles. The van der Waals surface area contributed by atoms with Crippen molar-refractivity contribution < 1.29 is 9.59 Å². The van der Waals surface area contributed by atoms with Gasteiger partial charge in [0.05, 0.1) is 5.54 Å². The molecule has 1 fully saturated rings. The third-order valence-corrected chi connectivity index (χ3v) is 3.44. The number of carbonyl (C=O) groups excluding carboxylic acids is 2. The lowest BCUT2D eigenvalue weighted by molar-refractivity contribution is -0.127. The fourth-order valence-corrected chi connectivity index (χ4v) is 1.93. The molecule has 5 nitrogen and oxygen atoms in total. The Labute approximate surface area is 108 Å². The SMILES string of the molecule is CCC(CC)(CN)NC(=O)[C@H]1CCC(=O)N1.Cl. The molecule has 0 saturated carbocycles. The van der Waals surface area contributed by atoms with E-state index >= 15 is 0 Å². The van der Waals surface area contributed by atoms with E-state index in [1.807, 2.05) is 13.8 Å². The Kier molecular flexibility index (Phi) is 6.49. The summed E-state index contributed by atoms with van der Waals surface area (Å²) < 4.78 is 0. The Morgan fingerprint density at radius 2 is 2.12 bits per heavy atom. The molecule has 1 atom stereocenters. The van der Waals surface area contributed by atoms with E-state index in [4.69, 9.17) is 5.73 Å². The van der Waals surface area contributed by atoms with Crippen LogP contribution < -0.4 is 16.4 Å². The van der Waals surface area contributed by atoms with Crippen molar-refractivity contribution in [2.75, 3.05) is 6.54 Å². The van der Waals surface area contributed by atoms with E-state index in [9.17, 15) is 9.59 Å². The second kappa shape index (κ2) is 6.81. The summed E-state index contributed by atoms with van der Waals surface area (Å²) in [7, 11) is 0. The summed E-state index contributed by atoms with van der Waals surface area (Å²) in [6, 6.07) is -0.378. The van der Waals surface area contributed by atoms with Crippen molar-refractivity contribution in [1.82, 2.24) is 10.6 Å². The van der Waals surface area contributed by atoms with Crippen molar-refractivity contribution in [2.45, 2.75) is 51.1 Å². The molecule has 0 bridgehead atoms. The van der Waals surface area contributed by atoms with E-state index in [0.717, 1.165) is 12.8 Å². The van der Waals surface area contributed by atoms with Crippen molar-refractivity contribution in [1.29, 1.82) is 0 Å². The Morgan fingerprint density at radius 1 is 1.53 bits per heavy atom. The monoisotopic (exact) mass is 263 g/mol.